The van der Waals surface area contributed by atoms with Crippen molar-refractivity contribution in [2.24, 2.45) is 5.92 Å². The number of benzene rings is 4. The van der Waals surface area contributed by atoms with Crippen molar-refractivity contribution in [3.63, 3.8) is 0 Å². The van der Waals surface area contributed by atoms with Crippen LogP contribution in [0.1, 0.15) is 47.6 Å². The minimum Gasteiger partial charge on any atom is -0.333 e. The second kappa shape index (κ2) is 8.38. The largest absolute Gasteiger partial charge is 0.333 e. The number of hydrogen-bond acceptors (Lipinski definition) is 1. The molecule has 0 fully saturated rings. The molecule has 3 aliphatic rings. The van der Waals surface area contributed by atoms with Gasteiger partial charge in [-0.1, -0.05) is 105 Å². The second-order valence-electron chi connectivity index (χ2n) is 10.9. The van der Waals surface area contributed by atoms with Crippen molar-refractivity contribution in [3.8, 4) is 11.1 Å². The molecular weight excluding hydrogens is 434 g/mol. The van der Waals surface area contributed by atoms with Crippen LogP contribution in [0.15, 0.2) is 109 Å². The molecular formula is C35H31N. The predicted molar refractivity (Wildman–Crippen MR) is 152 cm³/mol. The van der Waals surface area contributed by atoms with E-state index in [4.69, 9.17) is 0 Å². The zero-order valence-corrected chi connectivity index (χ0v) is 21.0. The summed E-state index contributed by atoms with van der Waals surface area (Å²) in [6, 6.07) is 34.2. The van der Waals surface area contributed by atoms with Crippen LogP contribution in [0.3, 0.4) is 0 Å². The zero-order chi connectivity index (χ0) is 24.2. The van der Waals surface area contributed by atoms with E-state index in [2.05, 4.69) is 128 Å². The maximum atomic E-state index is 2.58. The lowest BCUT2D eigenvalue weighted by molar-refractivity contribution is 0.644. The Morgan fingerprint density at radius 3 is 2.42 bits per heavy atom. The fraction of sp³-hybridized carbons (Fsp3) is 0.200. The van der Waals surface area contributed by atoms with Crippen LogP contribution in [0.5, 0.6) is 0 Å². The first-order chi connectivity index (χ1) is 17.7. The van der Waals surface area contributed by atoms with E-state index >= 15 is 0 Å². The second-order valence-corrected chi connectivity index (χ2v) is 10.9. The third kappa shape index (κ3) is 3.38. The number of rotatable bonds is 4. The summed E-state index contributed by atoms with van der Waals surface area (Å²) >= 11 is 0. The first kappa shape index (κ1) is 21.4. The summed E-state index contributed by atoms with van der Waals surface area (Å²) in [6.45, 7) is 4.62. The topological polar surface area (TPSA) is 3.24 Å². The molecule has 4 aromatic carbocycles. The van der Waals surface area contributed by atoms with Gasteiger partial charge in [-0.25, -0.2) is 0 Å². The fourth-order valence-electron chi connectivity index (χ4n) is 6.48. The van der Waals surface area contributed by atoms with Crippen molar-refractivity contribution >= 4 is 16.9 Å². The van der Waals surface area contributed by atoms with Crippen molar-refractivity contribution in [1.29, 1.82) is 0 Å². The average molecular weight is 466 g/mol. The average Bonchev–Trinajstić information content (AvgIpc) is 3.44. The van der Waals surface area contributed by atoms with Crippen LogP contribution in [-0.4, -0.2) is 6.04 Å². The molecule has 0 radical (unpaired) electrons. The number of nitrogens with zero attached hydrogens (tertiary/aromatic N) is 1. The van der Waals surface area contributed by atoms with E-state index in [0.29, 0.717) is 17.9 Å². The highest BCUT2D eigenvalue weighted by Crippen LogP contribution is 2.50. The highest BCUT2D eigenvalue weighted by Gasteiger charge is 2.38. The van der Waals surface area contributed by atoms with Crippen LogP contribution >= 0.6 is 0 Å². The molecule has 4 aromatic rings. The predicted octanol–water partition coefficient (Wildman–Crippen LogP) is 8.71. The van der Waals surface area contributed by atoms with Gasteiger partial charge in [0.25, 0.3) is 0 Å². The Labute approximate surface area is 214 Å². The van der Waals surface area contributed by atoms with Gasteiger partial charge in [-0.3, -0.25) is 0 Å². The van der Waals surface area contributed by atoms with E-state index in [1.54, 1.807) is 0 Å². The molecule has 7 rings (SSSR count). The fourth-order valence-corrected chi connectivity index (χ4v) is 6.48. The summed E-state index contributed by atoms with van der Waals surface area (Å²) < 4.78 is 0. The van der Waals surface area contributed by atoms with Gasteiger partial charge in [0.05, 0.1) is 6.04 Å². The van der Waals surface area contributed by atoms with E-state index in [1.165, 1.54) is 55.9 Å². The minimum absolute atomic E-state index is 0.301. The first-order valence-corrected chi connectivity index (χ1v) is 13.2. The maximum absolute atomic E-state index is 2.58. The van der Waals surface area contributed by atoms with Crippen molar-refractivity contribution in [1.82, 2.24) is 0 Å². The number of hydrogen-bond donors (Lipinski definition) is 0. The molecule has 0 saturated heterocycles. The monoisotopic (exact) mass is 465 g/mol. The summed E-state index contributed by atoms with van der Waals surface area (Å²) in [5.41, 5.74) is 13.9. The van der Waals surface area contributed by atoms with Gasteiger partial charge in [-0.2, -0.15) is 0 Å². The van der Waals surface area contributed by atoms with Crippen LogP contribution in [0.2, 0.25) is 0 Å². The molecule has 1 nitrogen and oxygen atoms in total. The number of anilines is 2. The van der Waals surface area contributed by atoms with E-state index in [0.717, 1.165) is 12.8 Å². The molecule has 36 heavy (non-hydrogen) atoms. The van der Waals surface area contributed by atoms with Crippen molar-refractivity contribution in [2.75, 3.05) is 4.90 Å². The number of allylic oxidation sites excluding steroid dienone is 2. The van der Waals surface area contributed by atoms with Gasteiger partial charge in [0, 0.05) is 17.3 Å². The molecule has 0 aromatic heterocycles. The SMILES string of the molecule is CC(C)Cc1ccccc1N1c2ccccc2C2C=C(c3ccc4c(c3)-c3ccccc3C4)C=CC21. The van der Waals surface area contributed by atoms with Crippen LogP contribution in [0.4, 0.5) is 11.4 Å². The van der Waals surface area contributed by atoms with Gasteiger partial charge in [0.1, 0.15) is 0 Å². The van der Waals surface area contributed by atoms with Gasteiger partial charge >= 0.3 is 0 Å². The third-order valence-corrected chi connectivity index (χ3v) is 8.06. The van der Waals surface area contributed by atoms with Crippen LogP contribution in [-0.2, 0) is 12.8 Å². The molecule has 1 heteroatoms. The van der Waals surface area contributed by atoms with Gasteiger partial charge in [-0.05, 0) is 81.5 Å². The molecule has 0 bridgehead atoms. The summed E-state index contributed by atoms with van der Waals surface area (Å²) in [7, 11) is 0. The highest BCUT2D eigenvalue weighted by molar-refractivity contribution is 5.86. The highest BCUT2D eigenvalue weighted by atomic mass is 15.2. The Hall–Kier alpha value is -3.84. The van der Waals surface area contributed by atoms with E-state index in [-0.39, 0.29) is 0 Å². The molecule has 0 amide bonds. The quantitative estimate of drug-likeness (QED) is 0.256. The number of fused-ring (bicyclic) bond motifs is 6. The molecule has 1 heterocycles. The normalized spacial score (nSPS) is 19.1. The lowest BCUT2D eigenvalue weighted by atomic mass is 9.85. The smallest absolute Gasteiger partial charge is 0.0630 e. The Bertz CT molecular complexity index is 1540. The summed E-state index contributed by atoms with van der Waals surface area (Å²) in [5.74, 6) is 0.965. The molecule has 1 aliphatic heterocycles. The molecule has 0 spiro atoms. The Balaban J connectivity index is 1.30. The van der Waals surface area contributed by atoms with Gasteiger partial charge in [0.2, 0.25) is 0 Å². The Kier molecular flexibility index (Phi) is 4.99. The van der Waals surface area contributed by atoms with Crippen molar-refractivity contribution < 1.29 is 0 Å². The zero-order valence-electron chi connectivity index (χ0n) is 21.0. The van der Waals surface area contributed by atoms with Crippen LogP contribution in [0.25, 0.3) is 16.7 Å². The molecule has 2 unspecified atom stereocenters. The Morgan fingerprint density at radius 2 is 1.53 bits per heavy atom. The molecule has 176 valence electrons. The summed E-state index contributed by atoms with van der Waals surface area (Å²) in [4.78, 5) is 2.58. The van der Waals surface area contributed by atoms with Gasteiger partial charge in [-0.15, -0.1) is 0 Å². The molecule has 2 aliphatic carbocycles. The first-order valence-electron chi connectivity index (χ1n) is 13.2. The van der Waals surface area contributed by atoms with Crippen LogP contribution in [0, 0.1) is 5.92 Å². The summed E-state index contributed by atoms with van der Waals surface area (Å²) in [6.07, 6.45) is 9.44. The maximum Gasteiger partial charge on any atom is 0.0630 e. The standard InChI is InChI=1S/C35H31N/c1-23(2)19-28-10-4-7-13-33(28)36-34-14-8-6-12-30(34)32-22-25(17-18-35(32)36)24-15-16-27-20-26-9-3-5-11-29(26)31(27)21-24/h3-18,21-23,32,35H,19-20H2,1-2H3. The van der Waals surface area contributed by atoms with Crippen molar-refractivity contribution in [3.05, 3.63) is 137 Å². The third-order valence-electron chi connectivity index (χ3n) is 8.06. The summed E-state index contributed by atoms with van der Waals surface area (Å²) in [5, 5.41) is 0. The molecule has 0 N–H and O–H groups in total. The molecule has 2 atom stereocenters. The van der Waals surface area contributed by atoms with E-state index < -0.39 is 0 Å². The van der Waals surface area contributed by atoms with E-state index in [9.17, 15) is 0 Å². The van der Waals surface area contributed by atoms with Crippen molar-refractivity contribution in [2.45, 2.75) is 38.6 Å². The number of para-hydroxylation sites is 2. The minimum atomic E-state index is 0.301. The lowest BCUT2D eigenvalue weighted by Gasteiger charge is -2.31. The molecule has 0 saturated carbocycles. The Morgan fingerprint density at radius 1 is 0.778 bits per heavy atom. The lowest BCUT2D eigenvalue weighted by Crippen LogP contribution is -2.29. The van der Waals surface area contributed by atoms with E-state index in [1.807, 2.05) is 0 Å². The van der Waals surface area contributed by atoms with Gasteiger partial charge in [0.15, 0.2) is 0 Å². The van der Waals surface area contributed by atoms with Gasteiger partial charge < -0.3 is 4.90 Å². The van der Waals surface area contributed by atoms with Crippen LogP contribution < -0.4 is 4.90 Å².